The minimum absolute atomic E-state index is 0.000463. The zero-order chi connectivity index (χ0) is 22.7. The summed E-state index contributed by atoms with van der Waals surface area (Å²) < 4.78 is 14.8. The molecule has 32 heavy (non-hydrogen) atoms. The van der Waals surface area contributed by atoms with Crippen molar-refractivity contribution in [1.82, 2.24) is 9.80 Å². The lowest BCUT2D eigenvalue weighted by Gasteiger charge is -2.31. The maximum atomic E-state index is 14.8. The second kappa shape index (κ2) is 9.69. The van der Waals surface area contributed by atoms with Gasteiger partial charge in [0.25, 0.3) is 5.91 Å². The second-order valence-electron chi connectivity index (χ2n) is 8.59. The summed E-state index contributed by atoms with van der Waals surface area (Å²) in [6.07, 6.45) is 3.32. The third kappa shape index (κ3) is 4.78. The van der Waals surface area contributed by atoms with Gasteiger partial charge in [-0.2, -0.15) is 0 Å². The molecule has 6 nitrogen and oxygen atoms in total. The molecule has 1 atom stereocenters. The van der Waals surface area contributed by atoms with E-state index < -0.39 is 5.82 Å². The molecule has 2 aliphatic heterocycles. The van der Waals surface area contributed by atoms with Crippen LogP contribution in [0, 0.1) is 5.82 Å². The summed E-state index contributed by atoms with van der Waals surface area (Å²) in [7, 11) is 0. The first-order valence-electron chi connectivity index (χ1n) is 11.4. The topological polar surface area (TPSA) is 64.1 Å². The van der Waals surface area contributed by atoms with Crippen LogP contribution in [-0.4, -0.2) is 58.9 Å². The zero-order valence-electron chi connectivity index (χ0n) is 18.5. The predicted octanol–water partition coefficient (Wildman–Crippen LogP) is 3.78. The molecular weight excluding hydrogens is 409 g/mol. The molecule has 0 aliphatic carbocycles. The molecule has 0 aromatic heterocycles. The van der Waals surface area contributed by atoms with Crippen LogP contribution in [-0.2, 0) is 11.3 Å². The van der Waals surface area contributed by atoms with Crippen molar-refractivity contribution < 1.29 is 19.1 Å². The van der Waals surface area contributed by atoms with E-state index in [-0.39, 0.29) is 29.2 Å². The normalized spacial score (nSPS) is 19.0. The first-order chi connectivity index (χ1) is 15.5. The molecule has 0 spiro atoms. The van der Waals surface area contributed by atoms with Crippen molar-refractivity contribution >= 4 is 17.5 Å². The Morgan fingerprint density at radius 2 is 1.94 bits per heavy atom. The van der Waals surface area contributed by atoms with Crippen LogP contribution < -0.4 is 4.90 Å². The highest BCUT2D eigenvalue weighted by Crippen LogP contribution is 2.26. The summed E-state index contributed by atoms with van der Waals surface area (Å²) in [6, 6.07) is 11.3. The average molecular weight is 440 g/mol. The molecule has 2 aromatic rings. The fourth-order valence-corrected chi connectivity index (χ4v) is 4.75. The standard InChI is InChI=1S/C25H30FN3O3/c1-2-27-13-3-5-20(27)17-28(16-18-7-10-21(30)11-8-18)25(32)22-15-19(9-12-23(22)26)29-14-4-6-24(29)31/h7-12,15,20,30H,2-6,13-14,16-17H2,1H3. The van der Waals surface area contributed by atoms with Crippen LogP contribution >= 0.6 is 0 Å². The molecule has 2 saturated heterocycles. The maximum absolute atomic E-state index is 14.8. The van der Waals surface area contributed by atoms with E-state index in [2.05, 4.69) is 11.8 Å². The van der Waals surface area contributed by atoms with Gasteiger partial charge in [-0.15, -0.1) is 0 Å². The van der Waals surface area contributed by atoms with Crippen molar-refractivity contribution in [2.24, 2.45) is 0 Å². The van der Waals surface area contributed by atoms with Gasteiger partial charge in [-0.1, -0.05) is 19.1 Å². The Balaban J connectivity index is 1.62. The van der Waals surface area contributed by atoms with Crippen LogP contribution in [0.1, 0.15) is 48.5 Å². The van der Waals surface area contributed by atoms with E-state index >= 15 is 0 Å². The summed E-state index contributed by atoms with van der Waals surface area (Å²) in [6.45, 7) is 5.43. The van der Waals surface area contributed by atoms with E-state index in [4.69, 9.17) is 0 Å². The van der Waals surface area contributed by atoms with Gasteiger partial charge >= 0.3 is 0 Å². The number of likely N-dealkylation sites (N-methyl/N-ethyl adjacent to an activating group) is 1. The average Bonchev–Trinajstić information content (AvgIpc) is 3.43. The lowest BCUT2D eigenvalue weighted by molar-refractivity contribution is -0.117. The Morgan fingerprint density at radius 1 is 1.16 bits per heavy atom. The molecule has 0 saturated carbocycles. The molecule has 0 bridgehead atoms. The van der Waals surface area contributed by atoms with E-state index in [1.165, 1.54) is 12.1 Å². The van der Waals surface area contributed by atoms with E-state index in [1.54, 1.807) is 40.1 Å². The summed E-state index contributed by atoms with van der Waals surface area (Å²) >= 11 is 0. The van der Waals surface area contributed by atoms with Gasteiger partial charge in [0.2, 0.25) is 5.91 Å². The summed E-state index contributed by atoms with van der Waals surface area (Å²) in [5.74, 6) is -0.805. The summed E-state index contributed by atoms with van der Waals surface area (Å²) in [4.78, 5) is 31.4. The fourth-order valence-electron chi connectivity index (χ4n) is 4.75. The molecule has 170 valence electrons. The number of carbonyl (C=O) groups is 2. The number of anilines is 1. The Bertz CT molecular complexity index is 979. The number of amides is 2. The lowest BCUT2D eigenvalue weighted by atomic mass is 10.1. The third-order valence-corrected chi connectivity index (χ3v) is 6.50. The molecule has 2 aliphatic rings. The minimum atomic E-state index is -0.583. The first-order valence-corrected chi connectivity index (χ1v) is 11.4. The number of benzene rings is 2. The molecule has 2 heterocycles. The van der Waals surface area contributed by atoms with Crippen LogP contribution in [0.3, 0.4) is 0 Å². The minimum Gasteiger partial charge on any atom is -0.508 e. The molecule has 2 amide bonds. The van der Waals surface area contributed by atoms with Gasteiger partial charge in [-0.25, -0.2) is 4.39 Å². The molecule has 0 radical (unpaired) electrons. The van der Waals surface area contributed by atoms with E-state index in [0.717, 1.165) is 37.9 Å². The number of carbonyl (C=O) groups excluding carboxylic acids is 2. The lowest BCUT2D eigenvalue weighted by Crippen LogP contribution is -2.43. The fraction of sp³-hybridized carbons (Fsp3) is 0.440. The van der Waals surface area contributed by atoms with Crippen LogP contribution in [0.4, 0.5) is 10.1 Å². The Hall–Kier alpha value is -2.93. The number of aromatic hydroxyl groups is 1. The Kier molecular flexibility index (Phi) is 6.74. The Morgan fingerprint density at radius 3 is 2.62 bits per heavy atom. The van der Waals surface area contributed by atoms with Gasteiger partial charge in [0.1, 0.15) is 11.6 Å². The maximum Gasteiger partial charge on any atom is 0.257 e. The molecule has 2 aromatic carbocycles. The summed E-state index contributed by atoms with van der Waals surface area (Å²) in [5.41, 5.74) is 1.42. The largest absolute Gasteiger partial charge is 0.508 e. The molecule has 1 N–H and O–H groups in total. The highest BCUT2D eigenvalue weighted by molar-refractivity contribution is 5.99. The van der Waals surface area contributed by atoms with Gasteiger partial charge in [-0.05, 0) is 68.2 Å². The first kappa shape index (κ1) is 22.3. The van der Waals surface area contributed by atoms with Crippen molar-refractivity contribution in [3.05, 3.63) is 59.4 Å². The van der Waals surface area contributed by atoms with E-state index in [9.17, 15) is 19.1 Å². The van der Waals surface area contributed by atoms with Crippen molar-refractivity contribution in [3.8, 4) is 5.75 Å². The Labute approximate surface area is 188 Å². The number of nitrogens with zero attached hydrogens (tertiary/aromatic N) is 3. The number of likely N-dealkylation sites (tertiary alicyclic amines) is 1. The number of phenols is 1. The van der Waals surface area contributed by atoms with Crippen LogP contribution in [0.2, 0.25) is 0 Å². The zero-order valence-corrected chi connectivity index (χ0v) is 18.5. The van der Waals surface area contributed by atoms with Crippen molar-refractivity contribution in [1.29, 1.82) is 0 Å². The highest BCUT2D eigenvalue weighted by Gasteiger charge is 2.30. The monoisotopic (exact) mass is 439 g/mol. The van der Waals surface area contributed by atoms with Gasteiger partial charge in [0, 0.05) is 37.8 Å². The van der Waals surface area contributed by atoms with Gasteiger partial charge in [0.05, 0.1) is 5.56 Å². The number of halogens is 1. The van der Waals surface area contributed by atoms with Crippen molar-refractivity contribution in [2.75, 3.05) is 31.1 Å². The molecule has 1 unspecified atom stereocenters. The smallest absolute Gasteiger partial charge is 0.257 e. The van der Waals surface area contributed by atoms with Crippen LogP contribution in [0.5, 0.6) is 5.75 Å². The van der Waals surface area contributed by atoms with E-state index in [1.807, 2.05) is 0 Å². The van der Waals surface area contributed by atoms with Gasteiger partial charge in [0.15, 0.2) is 0 Å². The second-order valence-corrected chi connectivity index (χ2v) is 8.59. The molecule has 4 rings (SSSR count). The third-order valence-electron chi connectivity index (χ3n) is 6.50. The number of rotatable bonds is 7. The van der Waals surface area contributed by atoms with E-state index in [0.29, 0.717) is 31.7 Å². The van der Waals surface area contributed by atoms with Crippen LogP contribution in [0.15, 0.2) is 42.5 Å². The number of hydrogen-bond acceptors (Lipinski definition) is 4. The molecule has 2 fully saturated rings. The molecular formula is C25H30FN3O3. The highest BCUT2D eigenvalue weighted by atomic mass is 19.1. The number of hydrogen-bond donors (Lipinski definition) is 1. The van der Waals surface area contributed by atoms with Crippen molar-refractivity contribution in [2.45, 2.75) is 45.2 Å². The summed E-state index contributed by atoms with van der Waals surface area (Å²) in [5, 5.41) is 9.60. The predicted molar refractivity (Wildman–Crippen MR) is 121 cm³/mol. The SMILES string of the molecule is CCN1CCCC1CN(Cc1ccc(O)cc1)C(=O)c1cc(N2CCCC2=O)ccc1F. The van der Waals surface area contributed by atoms with Crippen LogP contribution in [0.25, 0.3) is 0 Å². The van der Waals surface area contributed by atoms with Gasteiger partial charge < -0.3 is 14.9 Å². The van der Waals surface area contributed by atoms with Gasteiger partial charge in [-0.3, -0.25) is 14.5 Å². The quantitative estimate of drug-likeness (QED) is 0.713. The van der Waals surface area contributed by atoms with Crippen molar-refractivity contribution in [3.63, 3.8) is 0 Å². The number of phenolic OH excluding ortho intramolecular Hbond substituents is 1. The molecule has 7 heteroatoms.